The Hall–Kier alpha value is -1.10. The van der Waals surface area contributed by atoms with E-state index in [2.05, 4.69) is 59.1 Å². The second kappa shape index (κ2) is 6.18. The van der Waals surface area contributed by atoms with Crippen molar-refractivity contribution in [3.8, 4) is 0 Å². The summed E-state index contributed by atoms with van der Waals surface area (Å²) in [7, 11) is 0. The zero-order valence-electron chi connectivity index (χ0n) is 10.2. The Bertz CT molecular complexity index is 523. The third-order valence-electron chi connectivity index (χ3n) is 2.85. The van der Waals surface area contributed by atoms with Crippen LogP contribution in [0.1, 0.15) is 18.1 Å². The standard InChI is InChI=1S/C15H15FIN/c1-2-11-3-5-12(6-4-11)10-18-15-8-7-13(16)9-14(15)17/h3-9,18H,2,10H2,1H3. The average Bonchev–Trinajstić information content (AvgIpc) is 2.38. The number of anilines is 1. The topological polar surface area (TPSA) is 12.0 Å². The zero-order valence-corrected chi connectivity index (χ0v) is 12.4. The first-order valence-corrected chi connectivity index (χ1v) is 7.03. The van der Waals surface area contributed by atoms with Gasteiger partial charge in [0.15, 0.2) is 0 Å². The first-order valence-electron chi connectivity index (χ1n) is 5.96. The van der Waals surface area contributed by atoms with Crippen LogP contribution < -0.4 is 5.32 Å². The molecule has 2 rings (SSSR count). The van der Waals surface area contributed by atoms with Gasteiger partial charge in [0.1, 0.15) is 5.82 Å². The fourth-order valence-electron chi connectivity index (χ4n) is 1.72. The predicted molar refractivity (Wildman–Crippen MR) is 82.3 cm³/mol. The monoisotopic (exact) mass is 355 g/mol. The SMILES string of the molecule is CCc1ccc(CNc2ccc(F)cc2I)cc1. The first-order chi connectivity index (χ1) is 8.69. The van der Waals surface area contributed by atoms with E-state index in [1.54, 1.807) is 6.07 Å². The van der Waals surface area contributed by atoms with Gasteiger partial charge in [0.25, 0.3) is 0 Å². The Balaban J connectivity index is 2.02. The molecule has 0 atom stereocenters. The summed E-state index contributed by atoms with van der Waals surface area (Å²) >= 11 is 2.14. The highest BCUT2D eigenvalue weighted by Gasteiger charge is 2.01. The minimum Gasteiger partial charge on any atom is -0.380 e. The van der Waals surface area contributed by atoms with Crippen LogP contribution in [-0.2, 0) is 13.0 Å². The van der Waals surface area contributed by atoms with Gasteiger partial charge in [0.05, 0.1) is 0 Å². The average molecular weight is 355 g/mol. The van der Waals surface area contributed by atoms with Crippen LogP contribution in [0.5, 0.6) is 0 Å². The van der Waals surface area contributed by atoms with Crippen LogP contribution in [0.25, 0.3) is 0 Å². The van der Waals surface area contributed by atoms with Gasteiger partial charge in [-0.3, -0.25) is 0 Å². The van der Waals surface area contributed by atoms with Crippen molar-refractivity contribution in [2.75, 3.05) is 5.32 Å². The maximum absolute atomic E-state index is 13.0. The Morgan fingerprint density at radius 3 is 2.33 bits per heavy atom. The summed E-state index contributed by atoms with van der Waals surface area (Å²) in [5, 5.41) is 3.32. The van der Waals surface area contributed by atoms with E-state index in [0.717, 1.165) is 22.2 Å². The molecule has 0 bridgehead atoms. The van der Waals surface area contributed by atoms with Crippen molar-refractivity contribution in [2.45, 2.75) is 19.9 Å². The molecule has 94 valence electrons. The lowest BCUT2D eigenvalue weighted by Crippen LogP contribution is -2.01. The van der Waals surface area contributed by atoms with E-state index in [0.29, 0.717) is 0 Å². The second-order valence-electron chi connectivity index (χ2n) is 4.15. The summed E-state index contributed by atoms with van der Waals surface area (Å²) in [5.41, 5.74) is 3.54. The Morgan fingerprint density at radius 1 is 1.06 bits per heavy atom. The zero-order chi connectivity index (χ0) is 13.0. The minimum atomic E-state index is -0.197. The number of nitrogens with one attached hydrogen (secondary N) is 1. The summed E-state index contributed by atoms with van der Waals surface area (Å²) in [6.45, 7) is 2.90. The van der Waals surface area contributed by atoms with E-state index in [4.69, 9.17) is 0 Å². The molecule has 0 saturated carbocycles. The van der Waals surface area contributed by atoms with Crippen LogP contribution in [0, 0.1) is 9.39 Å². The Kier molecular flexibility index (Phi) is 4.58. The van der Waals surface area contributed by atoms with Crippen LogP contribution in [0.3, 0.4) is 0 Å². The van der Waals surface area contributed by atoms with Crippen LogP contribution in [0.4, 0.5) is 10.1 Å². The lowest BCUT2D eigenvalue weighted by molar-refractivity contribution is 0.627. The molecule has 0 radical (unpaired) electrons. The van der Waals surface area contributed by atoms with E-state index < -0.39 is 0 Å². The van der Waals surface area contributed by atoms with Crippen LogP contribution in [-0.4, -0.2) is 0 Å². The van der Waals surface area contributed by atoms with Gasteiger partial charge in [-0.05, 0) is 58.3 Å². The van der Waals surface area contributed by atoms with Crippen molar-refractivity contribution in [3.05, 3.63) is 63.0 Å². The molecule has 0 spiro atoms. The van der Waals surface area contributed by atoms with Crippen molar-refractivity contribution in [1.29, 1.82) is 0 Å². The Morgan fingerprint density at radius 2 is 1.72 bits per heavy atom. The maximum atomic E-state index is 13.0. The number of halogens is 2. The van der Waals surface area contributed by atoms with Gasteiger partial charge in [0.2, 0.25) is 0 Å². The lowest BCUT2D eigenvalue weighted by Gasteiger charge is -2.09. The fraction of sp³-hybridized carbons (Fsp3) is 0.200. The number of aryl methyl sites for hydroxylation is 1. The van der Waals surface area contributed by atoms with Gasteiger partial charge in [-0.15, -0.1) is 0 Å². The quantitative estimate of drug-likeness (QED) is 0.791. The number of hydrogen-bond donors (Lipinski definition) is 1. The molecule has 1 nitrogen and oxygen atoms in total. The molecule has 0 aromatic heterocycles. The molecular weight excluding hydrogens is 340 g/mol. The third-order valence-corrected chi connectivity index (χ3v) is 3.74. The van der Waals surface area contributed by atoms with Gasteiger partial charge >= 0.3 is 0 Å². The molecule has 0 aliphatic heterocycles. The summed E-state index contributed by atoms with van der Waals surface area (Å²) in [6, 6.07) is 13.3. The molecule has 0 saturated heterocycles. The summed E-state index contributed by atoms with van der Waals surface area (Å²) in [5.74, 6) is -0.197. The highest BCUT2D eigenvalue weighted by molar-refractivity contribution is 14.1. The summed E-state index contributed by atoms with van der Waals surface area (Å²) in [4.78, 5) is 0. The van der Waals surface area contributed by atoms with E-state index in [1.165, 1.54) is 23.3 Å². The van der Waals surface area contributed by atoms with E-state index in [1.807, 2.05) is 0 Å². The van der Waals surface area contributed by atoms with Crippen molar-refractivity contribution < 1.29 is 4.39 Å². The maximum Gasteiger partial charge on any atom is 0.124 e. The van der Waals surface area contributed by atoms with Crippen molar-refractivity contribution >= 4 is 28.3 Å². The molecule has 18 heavy (non-hydrogen) atoms. The van der Waals surface area contributed by atoms with Gasteiger partial charge in [-0.25, -0.2) is 4.39 Å². The van der Waals surface area contributed by atoms with Crippen molar-refractivity contribution in [1.82, 2.24) is 0 Å². The summed E-state index contributed by atoms with van der Waals surface area (Å²) in [6.07, 6.45) is 1.06. The van der Waals surface area contributed by atoms with Crippen LogP contribution in [0.15, 0.2) is 42.5 Å². The molecule has 0 unspecified atom stereocenters. The molecule has 2 aromatic carbocycles. The van der Waals surface area contributed by atoms with E-state index >= 15 is 0 Å². The molecule has 0 aliphatic rings. The molecule has 0 fully saturated rings. The molecule has 0 heterocycles. The van der Waals surface area contributed by atoms with Crippen molar-refractivity contribution in [3.63, 3.8) is 0 Å². The minimum absolute atomic E-state index is 0.197. The normalized spacial score (nSPS) is 10.4. The smallest absolute Gasteiger partial charge is 0.124 e. The lowest BCUT2D eigenvalue weighted by atomic mass is 10.1. The molecule has 0 aliphatic carbocycles. The van der Waals surface area contributed by atoms with Crippen LogP contribution in [0.2, 0.25) is 0 Å². The van der Waals surface area contributed by atoms with E-state index in [9.17, 15) is 4.39 Å². The molecule has 0 amide bonds. The van der Waals surface area contributed by atoms with Gasteiger partial charge in [0, 0.05) is 15.8 Å². The summed E-state index contributed by atoms with van der Waals surface area (Å²) < 4.78 is 13.9. The molecule has 2 aromatic rings. The van der Waals surface area contributed by atoms with Crippen molar-refractivity contribution in [2.24, 2.45) is 0 Å². The van der Waals surface area contributed by atoms with Gasteiger partial charge in [-0.1, -0.05) is 31.2 Å². The highest BCUT2D eigenvalue weighted by Crippen LogP contribution is 2.19. The molecule has 1 N–H and O–H groups in total. The van der Waals surface area contributed by atoms with Gasteiger partial charge in [-0.2, -0.15) is 0 Å². The largest absolute Gasteiger partial charge is 0.380 e. The van der Waals surface area contributed by atoms with E-state index in [-0.39, 0.29) is 5.82 Å². The first kappa shape index (κ1) is 13.3. The molecule has 3 heteroatoms. The molecular formula is C15H15FIN. The number of hydrogen-bond acceptors (Lipinski definition) is 1. The fourth-order valence-corrected chi connectivity index (χ4v) is 2.39. The highest BCUT2D eigenvalue weighted by atomic mass is 127. The third kappa shape index (κ3) is 3.45. The number of rotatable bonds is 4. The van der Waals surface area contributed by atoms with Gasteiger partial charge < -0.3 is 5.32 Å². The predicted octanol–water partition coefficient (Wildman–Crippen LogP) is 4.60. The van der Waals surface area contributed by atoms with Crippen LogP contribution >= 0.6 is 22.6 Å². The Labute approximate surface area is 121 Å². The number of benzene rings is 2. The second-order valence-corrected chi connectivity index (χ2v) is 5.31.